The van der Waals surface area contributed by atoms with Gasteiger partial charge in [-0.3, -0.25) is 14.9 Å². The van der Waals surface area contributed by atoms with Crippen LogP contribution < -0.4 is 0 Å². The summed E-state index contributed by atoms with van der Waals surface area (Å²) in [4.78, 5) is 34.2. The number of carbonyl (C=O) groups is 2. The average Bonchev–Trinajstić information content (AvgIpc) is 2.54. The quantitative estimate of drug-likeness (QED) is 0.342. The summed E-state index contributed by atoms with van der Waals surface area (Å²) < 4.78 is 5.95. The van der Waals surface area contributed by atoms with E-state index in [0.29, 0.717) is 5.56 Å². The van der Waals surface area contributed by atoms with Crippen LogP contribution in [-0.2, 0) is 4.74 Å². The van der Waals surface area contributed by atoms with Gasteiger partial charge in [0.05, 0.1) is 10.5 Å². The molecular weight excluding hydrogens is 366 g/mol. The highest BCUT2D eigenvalue weighted by Gasteiger charge is 2.20. The number of hydrogen-bond acceptors (Lipinski definition) is 5. The molecule has 0 aromatic heterocycles. The van der Waals surface area contributed by atoms with Crippen LogP contribution in [0.1, 0.15) is 27.6 Å². The van der Waals surface area contributed by atoms with Crippen LogP contribution in [0.25, 0.3) is 0 Å². The Hall–Kier alpha value is -2.54. The van der Waals surface area contributed by atoms with Crippen LogP contribution >= 0.6 is 15.9 Å². The van der Waals surface area contributed by atoms with Gasteiger partial charge in [0.2, 0.25) is 5.78 Å². The number of ketones is 1. The first kappa shape index (κ1) is 16.8. The highest BCUT2D eigenvalue weighted by atomic mass is 79.9. The molecule has 2 aromatic carbocycles. The second-order valence-corrected chi connectivity index (χ2v) is 5.64. The van der Waals surface area contributed by atoms with Gasteiger partial charge in [0, 0.05) is 22.2 Å². The monoisotopic (exact) mass is 377 g/mol. The molecule has 1 atom stereocenters. The predicted octanol–water partition coefficient (Wildman–Crippen LogP) is 3.79. The molecule has 0 unspecified atom stereocenters. The van der Waals surface area contributed by atoms with Gasteiger partial charge in [-0.15, -0.1) is 0 Å². The Labute approximate surface area is 140 Å². The molecular formula is C16H12BrNO5. The van der Waals surface area contributed by atoms with Gasteiger partial charge < -0.3 is 4.74 Å². The summed E-state index contributed by atoms with van der Waals surface area (Å²) in [6.45, 7) is 1.48. The van der Waals surface area contributed by atoms with Crippen molar-refractivity contribution < 1.29 is 19.2 Å². The number of esters is 1. The van der Waals surface area contributed by atoms with E-state index >= 15 is 0 Å². The van der Waals surface area contributed by atoms with Crippen molar-refractivity contribution in [3.63, 3.8) is 0 Å². The van der Waals surface area contributed by atoms with E-state index in [0.717, 1.165) is 4.47 Å². The number of Topliss-reactive ketones (excluding diaryl/α,β-unsaturated/α-hetero) is 1. The largest absolute Gasteiger partial charge is 0.451 e. The van der Waals surface area contributed by atoms with E-state index in [4.69, 9.17) is 4.74 Å². The van der Waals surface area contributed by atoms with E-state index in [-0.39, 0.29) is 17.0 Å². The first-order valence-corrected chi connectivity index (χ1v) is 7.43. The lowest BCUT2D eigenvalue weighted by Gasteiger charge is -2.12. The SMILES string of the molecule is C[C@@H](OC(=O)c1ccc([N+](=O)[O-])cc1)C(=O)c1ccc(Br)cc1. The molecule has 0 N–H and O–H groups in total. The van der Waals surface area contributed by atoms with Gasteiger partial charge in [-0.05, 0) is 31.2 Å². The fourth-order valence-corrected chi connectivity index (χ4v) is 2.11. The molecule has 118 valence electrons. The van der Waals surface area contributed by atoms with Gasteiger partial charge >= 0.3 is 5.97 Å². The fourth-order valence-electron chi connectivity index (χ4n) is 1.85. The van der Waals surface area contributed by atoms with Crippen molar-refractivity contribution in [1.82, 2.24) is 0 Å². The molecule has 23 heavy (non-hydrogen) atoms. The number of nitro groups is 1. The summed E-state index contributed by atoms with van der Waals surface area (Å²) in [5.74, 6) is -1.04. The number of carbonyl (C=O) groups excluding carboxylic acids is 2. The molecule has 0 amide bonds. The third kappa shape index (κ3) is 4.23. The van der Waals surface area contributed by atoms with Crippen molar-refractivity contribution in [3.05, 3.63) is 74.2 Å². The lowest BCUT2D eigenvalue weighted by atomic mass is 10.1. The zero-order chi connectivity index (χ0) is 17.0. The highest BCUT2D eigenvalue weighted by Crippen LogP contribution is 2.16. The van der Waals surface area contributed by atoms with E-state index in [9.17, 15) is 19.7 Å². The fraction of sp³-hybridized carbons (Fsp3) is 0.125. The minimum Gasteiger partial charge on any atom is -0.451 e. The van der Waals surface area contributed by atoms with Crippen LogP contribution in [0.3, 0.4) is 0 Å². The Bertz CT molecular complexity index is 740. The lowest BCUT2D eigenvalue weighted by Crippen LogP contribution is -2.24. The Kier molecular flexibility index (Phi) is 5.23. The summed E-state index contributed by atoms with van der Waals surface area (Å²) >= 11 is 3.27. The van der Waals surface area contributed by atoms with E-state index in [1.165, 1.54) is 31.2 Å². The molecule has 0 saturated carbocycles. The molecule has 0 aliphatic carbocycles. The number of ether oxygens (including phenoxy) is 1. The Morgan fingerprint density at radius 1 is 1.04 bits per heavy atom. The molecule has 0 saturated heterocycles. The van der Waals surface area contributed by atoms with Gasteiger partial charge in [-0.25, -0.2) is 4.79 Å². The first-order chi connectivity index (χ1) is 10.9. The lowest BCUT2D eigenvalue weighted by molar-refractivity contribution is -0.384. The normalized spacial score (nSPS) is 11.6. The van der Waals surface area contributed by atoms with Gasteiger partial charge in [0.15, 0.2) is 6.10 Å². The minimum absolute atomic E-state index is 0.125. The number of non-ortho nitro benzene ring substituents is 1. The highest BCUT2D eigenvalue weighted by molar-refractivity contribution is 9.10. The molecule has 0 bridgehead atoms. The maximum atomic E-state index is 12.2. The van der Waals surface area contributed by atoms with Gasteiger partial charge in [-0.2, -0.15) is 0 Å². The molecule has 2 aromatic rings. The minimum atomic E-state index is -0.959. The number of hydrogen-bond donors (Lipinski definition) is 0. The van der Waals surface area contributed by atoms with E-state index in [1.807, 2.05) is 0 Å². The topological polar surface area (TPSA) is 86.5 Å². The third-order valence-corrected chi connectivity index (χ3v) is 3.62. The molecule has 0 fully saturated rings. The zero-order valence-corrected chi connectivity index (χ0v) is 13.6. The standard InChI is InChI=1S/C16H12BrNO5/c1-10(15(19)11-2-6-13(17)7-3-11)23-16(20)12-4-8-14(9-5-12)18(21)22/h2-10H,1H3/t10-/m1/s1. The van der Waals surface area contributed by atoms with E-state index in [1.54, 1.807) is 24.3 Å². The molecule has 0 aliphatic heterocycles. The Balaban J connectivity index is 2.05. The smallest absolute Gasteiger partial charge is 0.338 e. The number of benzene rings is 2. The molecule has 2 rings (SSSR count). The number of nitro benzene ring substituents is 1. The van der Waals surface area contributed by atoms with Crippen molar-refractivity contribution in [2.75, 3.05) is 0 Å². The van der Waals surface area contributed by atoms with Crippen molar-refractivity contribution in [1.29, 1.82) is 0 Å². The van der Waals surface area contributed by atoms with E-state index < -0.39 is 17.0 Å². The second-order valence-electron chi connectivity index (χ2n) is 4.72. The molecule has 0 aliphatic rings. The Morgan fingerprint density at radius 2 is 1.57 bits per heavy atom. The molecule has 0 spiro atoms. The molecule has 0 radical (unpaired) electrons. The van der Waals surface area contributed by atoms with Crippen molar-refractivity contribution in [2.45, 2.75) is 13.0 Å². The Morgan fingerprint density at radius 3 is 2.09 bits per heavy atom. The van der Waals surface area contributed by atoms with Crippen molar-refractivity contribution >= 4 is 33.4 Å². The van der Waals surface area contributed by atoms with Gasteiger partial charge in [-0.1, -0.05) is 28.1 Å². The zero-order valence-electron chi connectivity index (χ0n) is 12.1. The number of nitrogens with zero attached hydrogens (tertiary/aromatic N) is 1. The summed E-state index contributed by atoms with van der Waals surface area (Å²) in [5, 5.41) is 10.6. The summed E-state index contributed by atoms with van der Waals surface area (Å²) in [6, 6.07) is 11.7. The summed E-state index contributed by atoms with van der Waals surface area (Å²) in [5.41, 5.74) is 0.448. The van der Waals surface area contributed by atoms with Crippen LogP contribution in [0, 0.1) is 10.1 Å². The van der Waals surface area contributed by atoms with Crippen molar-refractivity contribution in [3.8, 4) is 0 Å². The predicted molar refractivity (Wildman–Crippen MR) is 86.4 cm³/mol. The maximum Gasteiger partial charge on any atom is 0.338 e. The molecule has 0 heterocycles. The maximum absolute atomic E-state index is 12.2. The second kappa shape index (κ2) is 7.15. The molecule has 7 heteroatoms. The number of halogens is 1. The van der Waals surface area contributed by atoms with Crippen LogP contribution in [0.5, 0.6) is 0 Å². The van der Waals surface area contributed by atoms with E-state index in [2.05, 4.69) is 15.9 Å². The van der Waals surface area contributed by atoms with Crippen LogP contribution in [0.15, 0.2) is 53.0 Å². The van der Waals surface area contributed by atoms with Gasteiger partial charge in [0.1, 0.15) is 0 Å². The summed E-state index contributed by atoms with van der Waals surface area (Å²) in [6.07, 6.45) is -0.959. The van der Waals surface area contributed by atoms with Crippen LogP contribution in [0.4, 0.5) is 5.69 Å². The van der Waals surface area contributed by atoms with Crippen LogP contribution in [0.2, 0.25) is 0 Å². The first-order valence-electron chi connectivity index (χ1n) is 6.63. The average molecular weight is 378 g/mol. The number of rotatable bonds is 5. The summed E-state index contributed by atoms with van der Waals surface area (Å²) in [7, 11) is 0. The molecule has 6 nitrogen and oxygen atoms in total. The third-order valence-electron chi connectivity index (χ3n) is 3.10. The van der Waals surface area contributed by atoms with Gasteiger partial charge in [0.25, 0.3) is 5.69 Å². The van der Waals surface area contributed by atoms with Crippen LogP contribution in [-0.4, -0.2) is 22.8 Å². The van der Waals surface area contributed by atoms with Crippen molar-refractivity contribution in [2.24, 2.45) is 0 Å².